The number of hydrogen-bond donors (Lipinski definition) is 1. The van der Waals surface area contributed by atoms with E-state index < -0.39 is 0 Å². The predicted molar refractivity (Wildman–Crippen MR) is 105 cm³/mol. The van der Waals surface area contributed by atoms with Gasteiger partial charge in [0.15, 0.2) is 0 Å². The van der Waals surface area contributed by atoms with Crippen molar-refractivity contribution < 1.29 is 14.0 Å². The fraction of sp³-hybridized carbons (Fsp3) is 0.333. The summed E-state index contributed by atoms with van der Waals surface area (Å²) >= 11 is 1.50. The molecule has 1 aromatic carbocycles. The van der Waals surface area contributed by atoms with Crippen molar-refractivity contribution in [3.8, 4) is 10.4 Å². The highest BCUT2D eigenvalue weighted by Crippen LogP contribution is 2.31. The van der Waals surface area contributed by atoms with Gasteiger partial charge in [0.25, 0.3) is 5.91 Å². The maximum absolute atomic E-state index is 13.1. The van der Waals surface area contributed by atoms with Crippen LogP contribution in [0.1, 0.15) is 43.4 Å². The van der Waals surface area contributed by atoms with Gasteiger partial charge in [0.1, 0.15) is 11.5 Å². The van der Waals surface area contributed by atoms with Crippen LogP contribution in [0.3, 0.4) is 0 Å². The number of benzene rings is 1. The molecule has 27 heavy (non-hydrogen) atoms. The first-order valence-corrected chi connectivity index (χ1v) is 10.2. The van der Waals surface area contributed by atoms with Gasteiger partial charge in [-0.3, -0.25) is 9.69 Å². The van der Waals surface area contributed by atoms with E-state index in [1.54, 1.807) is 18.2 Å². The van der Waals surface area contributed by atoms with Crippen molar-refractivity contribution in [1.82, 2.24) is 10.2 Å². The summed E-state index contributed by atoms with van der Waals surface area (Å²) in [6.45, 7) is 0. The number of halogens is 1. The third kappa shape index (κ3) is 3.81. The maximum Gasteiger partial charge on any atom is 0.329 e. The first-order chi connectivity index (χ1) is 13.1. The summed E-state index contributed by atoms with van der Waals surface area (Å²) in [5.74, 6) is -0.501. The van der Waals surface area contributed by atoms with Crippen LogP contribution in [-0.4, -0.2) is 22.9 Å². The molecule has 2 aromatic rings. The largest absolute Gasteiger partial charge is 0.329 e. The Morgan fingerprint density at radius 2 is 1.70 bits per heavy atom. The number of nitrogens with one attached hydrogen (secondary N) is 1. The molecule has 1 aromatic heterocycles. The van der Waals surface area contributed by atoms with Crippen LogP contribution in [0.4, 0.5) is 9.18 Å². The van der Waals surface area contributed by atoms with Gasteiger partial charge in [0, 0.05) is 15.8 Å². The number of thiophene rings is 1. The van der Waals surface area contributed by atoms with Gasteiger partial charge in [0.2, 0.25) is 0 Å². The molecule has 6 heteroatoms. The van der Waals surface area contributed by atoms with Crippen LogP contribution in [-0.2, 0) is 4.79 Å². The molecule has 0 radical (unpaired) electrons. The first-order valence-electron chi connectivity index (χ1n) is 9.34. The SMILES string of the molecule is O=C1N/C(=C/c2ccc(-c3ccc(F)cc3)s2)C(=O)N1C1CCCCCC1. The van der Waals surface area contributed by atoms with Crippen molar-refractivity contribution in [2.75, 3.05) is 0 Å². The molecule has 3 amide bonds. The molecule has 4 rings (SSSR count). The molecule has 2 fully saturated rings. The summed E-state index contributed by atoms with van der Waals surface area (Å²) in [4.78, 5) is 28.4. The maximum atomic E-state index is 13.1. The van der Waals surface area contributed by atoms with Crippen molar-refractivity contribution in [3.05, 3.63) is 52.8 Å². The van der Waals surface area contributed by atoms with E-state index in [0.29, 0.717) is 5.70 Å². The first kappa shape index (κ1) is 17.9. The van der Waals surface area contributed by atoms with Gasteiger partial charge in [-0.15, -0.1) is 11.3 Å². The van der Waals surface area contributed by atoms with E-state index >= 15 is 0 Å². The Hall–Kier alpha value is -2.47. The lowest BCUT2D eigenvalue weighted by molar-refractivity contribution is -0.124. The van der Waals surface area contributed by atoms with Gasteiger partial charge in [-0.2, -0.15) is 0 Å². The van der Waals surface area contributed by atoms with Gasteiger partial charge in [-0.05, 0) is 48.7 Å². The van der Waals surface area contributed by atoms with E-state index in [-0.39, 0.29) is 23.8 Å². The lowest BCUT2D eigenvalue weighted by Gasteiger charge is -2.23. The summed E-state index contributed by atoms with van der Waals surface area (Å²) in [6.07, 6.45) is 7.98. The second kappa shape index (κ2) is 7.64. The minimum atomic E-state index is -0.312. The number of hydrogen-bond acceptors (Lipinski definition) is 3. The van der Waals surface area contributed by atoms with Gasteiger partial charge in [0.05, 0.1) is 0 Å². The molecule has 1 saturated carbocycles. The average Bonchev–Trinajstić information content (AvgIpc) is 3.10. The van der Waals surface area contributed by atoms with Crippen molar-refractivity contribution in [2.45, 2.75) is 44.6 Å². The fourth-order valence-corrected chi connectivity index (χ4v) is 4.70. The molecule has 1 N–H and O–H groups in total. The quantitative estimate of drug-likeness (QED) is 0.451. The molecule has 0 spiro atoms. The average molecular weight is 384 g/mol. The monoisotopic (exact) mass is 384 g/mol. The van der Waals surface area contributed by atoms with Crippen LogP contribution in [0.15, 0.2) is 42.1 Å². The molecule has 0 unspecified atom stereocenters. The van der Waals surface area contributed by atoms with Crippen molar-refractivity contribution in [1.29, 1.82) is 0 Å². The van der Waals surface area contributed by atoms with E-state index in [4.69, 9.17) is 0 Å². The fourth-order valence-electron chi connectivity index (χ4n) is 3.74. The van der Waals surface area contributed by atoms with E-state index in [0.717, 1.165) is 41.0 Å². The minimum Gasteiger partial charge on any atom is -0.303 e. The van der Waals surface area contributed by atoms with Crippen LogP contribution >= 0.6 is 11.3 Å². The number of amides is 3. The summed E-state index contributed by atoms with van der Waals surface area (Å²) in [5.41, 5.74) is 1.25. The molecule has 0 bridgehead atoms. The molecule has 2 aliphatic rings. The lowest BCUT2D eigenvalue weighted by atomic mass is 10.1. The van der Waals surface area contributed by atoms with Gasteiger partial charge in [-0.1, -0.05) is 37.8 Å². The van der Waals surface area contributed by atoms with Crippen LogP contribution < -0.4 is 5.32 Å². The summed E-state index contributed by atoms with van der Waals surface area (Å²) in [5, 5.41) is 2.73. The van der Waals surface area contributed by atoms with E-state index in [2.05, 4.69) is 5.32 Å². The lowest BCUT2D eigenvalue weighted by Crippen LogP contribution is -2.40. The zero-order valence-electron chi connectivity index (χ0n) is 14.9. The van der Waals surface area contributed by atoms with Crippen LogP contribution in [0.2, 0.25) is 0 Å². The highest BCUT2D eigenvalue weighted by atomic mass is 32.1. The van der Waals surface area contributed by atoms with Crippen molar-refractivity contribution in [3.63, 3.8) is 0 Å². The van der Waals surface area contributed by atoms with Gasteiger partial charge >= 0.3 is 6.03 Å². The standard InChI is InChI=1S/C21H21FN2O2S/c22-15-9-7-14(8-10-15)19-12-11-17(27-19)13-18-20(25)24(21(26)23-18)16-5-3-1-2-4-6-16/h7-13,16H,1-6H2,(H,23,26)/b18-13+. The molecular weight excluding hydrogens is 363 g/mol. The molecule has 4 nitrogen and oxygen atoms in total. The molecule has 140 valence electrons. The number of urea groups is 1. The Bertz CT molecular complexity index is 880. The number of nitrogens with zero attached hydrogens (tertiary/aromatic N) is 1. The Morgan fingerprint density at radius 1 is 1.00 bits per heavy atom. The van der Waals surface area contributed by atoms with Crippen LogP contribution in [0, 0.1) is 5.82 Å². The number of carbonyl (C=O) groups is 2. The van der Waals surface area contributed by atoms with Crippen LogP contribution in [0.5, 0.6) is 0 Å². The normalized spacial score (nSPS) is 20.2. The Morgan fingerprint density at radius 3 is 2.41 bits per heavy atom. The molecule has 0 atom stereocenters. The summed E-state index contributed by atoms with van der Waals surface area (Å²) in [7, 11) is 0. The predicted octanol–water partition coefficient (Wildman–Crippen LogP) is 5.17. The van der Waals surface area contributed by atoms with Gasteiger partial charge < -0.3 is 5.32 Å². The Labute approximate surface area is 161 Å². The number of rotatable bonds is 3. The molecule has 1 aliphatic carbocycles. The highest BCUT2D eigenvalue weighted by Gasteiger charge is 2.38. The zero-order chi connectivity index (χ0) is 18.8. The molecule has 1 aliphatic heterocycles. The minimum absolute atomic E-state index is 0.00371. The summed E-state index contributed by atoms with van der Waals surface area (Å²) < 4.78 is 13.1. The topological polar surface area (TPSA) is 49.4 Å². The third-order valence-corrected chi connectivity index (χ3v) is 6.22. The van der Waals surface area contributed by atoms with E-state index in [9.17, 15) is 14.0 Å². The van der Waals surface area contributed by atoms with E-state index in [1.807, 2.05) is 12.1 Å². The van der Waals surface area contributed by atoms with Crippen molar-refractivity contribution >= 4 is 29.4 Å². The third-order valence-electron chi connectivity index (χ3n) is 5.14. The smallest absolute Gasteiger partial charge is 0.303 e. The number of carbonyl (C=O) groups excluding carboxylic acids is 2. The molecular formula is C21H21FN2O2S. The molecule has 2 heterocycles. The van der Waals surface area contributed by atoms with Gasteiger partial charge in [-0.25, -0.2) is 9.18 Å². The highest BCUT2D eigenvalue weighted by molar-refractivity contribution is 7.16. The van der Waals surface area contributed by atoms with Crippen molar-refractivity contribution in [2.24, 2.45) is 0 Å². The Kier molecular flexibility index (Phi) is 5.07. The second-order valence-corrected chi connectivity index (χ2v) is 8.13. The Balaban J connectivity index is 1.53. The zero-order valence-corrected chi connectivity index (χ0v) is 15.7. The molecule has 1 saturated heterocycles. The van der Waals surface area contributed by atoms with E-state index in [1.165, 1.54) is 41.2 Å². The van der Waals surface area contributed by atoms with Crippen LogP contribution in [0.25, 0.3) is 16.5 Å². The summed E-state index contributed by atoms with van der Waals surface area (Å²) in [6, 6.07) is 9.86. The number of imide groups is 1. The second-order valence-electron chi connectivity index (χ2n) is 7.02.